The van der Waals surface area contributed by atoms with Gasteiger partial charge in [-0.15, -0.1) is 0 Å². The second-order valence-corrected chi connectivity index (χ2v) is 4.08. The third-order valence-electron chi connectivity index (χ3n) is 1.94. The summed E-state index contributed by atoms with van der Waals surface area (Å²) < 4.78 is 0. The minimum absolute atomic E-state index is 0.372. The monoisotopic (exact) mass is 230 g/mol. The molecule has 1 aromatic rings. The van der Waals surface area contributed by atoms with Crippen LogP contribution in [0, 0.1) is 0 Å². The molecule has 0 unspecified atom stereocenters. The number of hydrogen-bond donors (Lipinski definition) is 0. The maximum atomic E-state index is 11.1. The molecule has 4 heteroatoms. The number of aliphatic imine (C=N–C) groups is 1. The van der Waals surface area contributed by atoms with Crippen LogP contribution in [0.4, 0.5) is 0 Å². The highest BCUT2D eigenvalue weighted by Crippen LogP contribution is 2.23. The summed E-state index contributed by atoms with van der Waals surface area (Å²) in [6.07, 6.45) is 5.21. The quantitative estimate of drug-likeness (QED) is 0.725. The minimum atomic E-state index is -0.451. The van der Waals surface area contributed by atoms with Gasteiger partial charge in [-0.1, -0.05) is 54.2 Å². The van der Waals surface area contributed by atoms with Gasteiger partial charge in [0.1, 0.15) is 0 Å². The minimum Gasteiger partial charge on any atom is -0.853 e. The van der Waals surface area contributed by atoms with Crippen molar-refractivity contribution < 1.29 is 9.90 Å². The summed E-state index contributed by atoms with van der Waals surface area (Å²) in [5.74, 6) is -0.451. The Morgan fingerprint density at radius 3 is 2.62 bits per heavy atom. The lowest BCUT2D eigenvalue weighted by molar-refractivity contribution is -0.205. The van der Waals surface area contributed by atoms with Crippen molar-refractivity contribution in [2.24, 2.45) is 4.99 Å². The van der Waals surface area contributed by atoms with Gasteiger partial charge in [0.15, 0.2) is 0 Å². The first kappa shape index (κ1) is 10.7. The van der Waals surface area contributed by atoms with E-state index in [0.717, 1.165) is 17.3 Å². The average molecular weight is 230 g/mol. The molecule has 0 N–H and O–H groups in total. The first-order chi connectivity index (χ1) is 7.75. The van der Waals surface area contributed by atoms with Crippen LogP contribution in [0.2, 0.25) is 0 Å². The number of rotatable bonds is 2. The molecule has 0 saturated carbocycles. The van der Waals surface area contributed by atoms with Gasteiger partial charge in [-0.2, -0.15) is 0 Å². The van der Waals surface area contributed by atoms with Gasteiger partial charge in [-0.3, -0.25) is 4.79 Å². The number of thioether (sulfide) groups is 1. The fourth-order valence-electron chi connectivity index (χ4n) is 1.21. The van der Waals surface area contributed by atoms with Crippen molar-refractivity contribution in [3.8, 4) is 0 Å². The average Bonchev–Trinajstić information content (AvgIpc) is 2.59. The molecule has 1 heterocycles. The Bertz CT molecular complexity index is 489. The van der Waals surface area contributed by atoms with E-state index in [4.69, 9.17) is 0 Å². The zero-order valence-electron chi connectivity index (χ0n) is 8.29. The van der Waals surface area contributed by atoms with E-state index < -0.39 is 11.1 Å². The van der Waals surface area contributed by atoms with Gasteiger partial charge >= 0.3 is 0 Å². The first-order valence-corrected chi connectivity index (χ1v) is 5.48. The Kier molecular flexibility index (Phi) is 3.22. The summed E-state index contributed by atoms with van der Waals surface area (Å²) in [7, 11) is 0. The first-order valence-electron chi connectivity index (χ1n) is 4.67. The molecule has 0 atom stereocenters. The number of carbonyl (C=O) groups excluding carboxylic acids is 1. The fourth-order valence-corrected chi connectivity index (χ4v) is 1.81. The van der Waals surface area contributed by atoms with E-state index in [1.54, 1.807) is 12.2 Å². The standard InChI is InChI=1S/C12H9NO2S/c14-11-10(16-12(15)13-11)8-4-7-9-5-2-1-3-6-9/h1-8H,(H,13,14,15)/p-1/b7-4+,10-8+. The van der Waals surface area contributed by atoms with Crippen LogP contribution in [0.1, 0.15) is 5.56 Å². The lowest BCUT2D eigenvalue weighted by Gasteiger charge is -1.96. The van der Waals surface area contributed by atoms with E-state index in [0.29, 0.717) is 4.91 Å². The van der Waals surface area contributed by atoms with Gasteiger partial charge < -0.3 is 5.11 Å². The Morgan fingerprint density at radius 2 is 2.00 bits per heavy atom. The van der Waals surface area contributed by atoms with Crippen LogP contribution in [-0.4, -0.2) is 11.1 Å². The summed E-state index contributed by atoms with van der Waals surface area (Å²) in [4.78, 5) is 14.8. The molecular formula is C12H8NO2S-. The van der Waals surface area contributed by atoms with E-state index in [1.165, 1.54) is 0 Å². The van der Waals surface area contributed by atoms with Gasteiger partial charge in [0.2, 0.25) is 0 Å². The van der Waals surface area contributed by atoms with Crippen LogP contribution in [0.5, 0.6) is 0 Å². The molecule has 1 amide bonds. The lowest BCUT2D eigenvalue weighted by Crippen LogP contribution is -2.08. The van der Waals surface area contributed by atoms with Gasteiger partial charge in [0, 0.05) is 5.23 Å². The molecule has 0 fully saturated rings. The van der Waals surface area contributed by atoms with Crippen molar-refractivity contribution >= 4 is 29.0 Å². The van der Waals surface area contributed by atoms with Gasteiger partial charge in [0.05, 0.1) is 4.91 Å². The molecule has 80 valence electrons. The molecule has 2 rings (SSSR count). The molecule has 0 aliphatic carbocycles. The Balaban J connectivity index is 2.06. The molecule has 1 aliphatic heterocycles. The molecule has 0 saturated heterocycles. The van der Waals surface area contributed by atoms with E-state index in [2.05, 4.69) is 4.99 Å². The predicted octanol–water partition coefficient (Wildman–Crippen LogP) is 1.57. The second-order valence-electron chi connectivity index (χ2n) is 3.09. The summed E-state index contributed by atoms with van der Waals surface area (Å²) in [5, 5.41) is 10.4. The Labute approximate surface area is 97.2 Å². The predicted molar refractivity (Wildman–Crippen MR) is 63.6 cm³/mol. The van der Waals surface area contributed by atoms with Crippen molar-refractivity contribution in [3.63, 3.8) is 0 Å². The van der Waals surface area contributed by atoms with Gasteiger partial charge in [-0.25, -0.2) is 4.99 Å². The molecule has 0 aromatic heterocycles. The van der Waals surface area contributed by atoms with Crippen LogP contribution >= 0.6 is 11.8 Å². The maximum absolute atomic E-state index is 11.1. The van der Waals surface area contributed by atoms with Crippen molar-refractivity contribution in [1.29, 1.82) is 0 Å². The number of carbonyl (C=O) groups is 1. The van der Waals surface area contributed by atoms with E-state index in [-0.39, 0.29) is 0 Å². The SMILES string of the molecule is O=C1N=C([O-])S/C1=C/C=C/c1ccccc1. The zero-order chi connectivity index (χ0) is 11.4. The Hall–Kier alpha value is -1.81. The molecular weight excluding hydrogens is 222 g/mol. The fraction of sp³-hybridized carbons (Fsp3) is 0. The highest BCUT2D eigenvalue weighted by molar-refractivity contribution is 8.17. The topological polar surface area (TPSA) is 52.5 Å². The summed E-state index contributed by atoms with van der Waals surface area (Å²) in [6, 6.07) is 9.70. The maximum Gasteiger partial charge on any atom is 0.283 e. The smallest absolute Gasteiger partial charge is 0.283 e. The van der Waals surface area contributed by atoms with Gasteiger partial charge in [0.25, 0.3) is 5.91 Å². The van der Waals surface area contributed by atoms with Crippen molar-refractivity contribution in [2.75, 3.05) is 0 Å². The van der Waals surface area contributed by atoms with Crippen molar-refractivity contribution in [3.05, 3.63) is 53.0 Å². The number of allylic oxidation sites excluding steroid dienone is 2. The van der Waals surface area contributed by atoms with Crippen molar-refractivity contribution in [2.45, 2.75) is 0 Å². The number of benzene rings is 1. The largest absolute Gasteiger partial charge is 0.853 e. The molecule has 1 aromatic carbocycles. The third kappa shape index (κ3) is 2.61. The van der Waals surface area contributed by atoms with E-state index >= 15 is 0 Å². The van der Waals surface area contributed by atoms with Crippen molar-refractivity contribution in [1.82, 2.24) is 0 Å². The lowest BCUT2D eigenvalue weighted by atomic mass is 10.2. The summed E-state index contributed by atoms with van der Waals surface area (Å²) in [5.41, 5.74) is 1.04. The second kappa shape index (κ2) is 4.81. The molecule has 16 heavy (non-hydrogen) atoms. The number of hydrogen-bond acceptors (Lipinski definition) is 3. The van der Waals surface area contributed by atoms with Crippen LogP contribution in [0.25, 0.3) is 6.08 Å². The van der Waals surface area contributed by atoms with E-state index in [1.807, 2.05) is 36.4 Å². The van der Waals surface area contributed by atoms with Crippen LogP contribution < -0.4 is 5.11 Å². The van der Waals surface area contributed by atoms with Crippen LogP contribution in [-0.2, 0) is 4.79 Å². The summed E-state index contributed by atoms with van der Waals surface area (Å²) >= 11 is 0.864. The molecule has 0 bridgehead atoms. The highest BCUT2D eigenvalue weighted by Gasteiger charge is 2.14. The van der Waals surface area contributed by atoms with Crippen LogP contribution in [0.3, 0.4) is 0 Å². The molecule has 0 radical (unpaired) electrons. The Morgan fingerprint density at radius 1 is 1.25 bits per heavy atom. The van der Waals surface area contributed by atoms with Crippen LogP contribution in [0.15, 0.2) is 52.4 Å². The number of nitrogens with zero attached hydrogens (tertiary/aromatic N) is 1. The van der Waals surface area contributed by atoms with E-state index in [9.17, 15) is 9.90 Å². The summed E-state index contributed by atoms with van der Waals surface area (Å²) in [6.45, 7) is 0. The molecule has 1 aliphatic rings. The molecule has 3 nitrogen and oxygen atoms in total. The normalized spacial score (nSPS) is 18.4. The highest BCUT2D eigenvalue weighted by atomic mass is 32.2. The third-order valence-corrected chi connectivity index (χ3v) is 2.73. The number of amides is 1. The zero-order valence-corrected chi connectivity index (χ0v) is 9.11. The van der Waals surface area contributed by atoms with Gasteiger partial charge in [-0.05, 0) is 11.6 Å². The molecule has 0 spiro atoms.